The molecule has 1 aromatic rings. The summed E-state index contributed by atoms with van der Waals surface area (Å²) in [6, 6.07) is 6.05. The van der Waals surface area contributed by atoms with Crippen molar-refractivity contribution in [3.05, 3.63) is 35.4 Å². The van der Waals surface area contributed by atoms with E-state index in [1.807, 2.05) is 6.92 Å². The standard InChI is InChI=1S/C16H24F3N/c1-5-20-14(15(2,3)4)11-10-12-8-6-7-9-13(12)16(17,18)19/h6-9,14,20H,5,10-11H2,1-4H3. The molecule has 1 N–H and O–H groups in total. The zero-order chi connectivity index (χ0) is 15.4. The molecule has 0 saturated carbocycles. The summed E-state index contributed by atoms with van der Waals surface area (Å²) >= 11 is 0. The Kier molecular flexibility index (Phi) is 5.63. The maximum Gasteiger partial charge on any atom is 0.416 e. The first-order chi connectivity index (χ1) is 9.16. The summed E-state index contributed by atoms with van der Waals surface area (Å²) in [7, 11) is 0. The molecule has 1 rings (SSSR count). The maximum atomic E-state index is 12.9. The molecule has 0 radical (unpaired) electrons. The van der Waals surface area contributed by atoms with E-state index < -0.39 is 11.7 Å². The van der Waals surface area contributed by atoms with Gasteiger partial charge >= 0.3 is 6.18 Å². The van der Waals surface area contributed by atoms with E-state index in [2.05, 4.69) is 26.1 Å². The molecule has 4 heteroatoms. The minimum atomic E-state index is -4.27. The summed E-state index contributed by atoms with van der Waals surface area (Å²) in [4.78, 5) is 0. The Morgan fingerprint density at radius 1 is 1.10 bits per heavy atom. The van der Waals surface area contributed by atoms with Crippen LogP contribution in [0.5, 0.6) is 0 Å². The van der Waals surface area contributed by atoms with E-state index in [0.717, 1.165) is 12.6 Å². The number of benzene rings is 1. The van der Waals surface area contributed by atoms with Crippen molar-refractivity contribution < 1.29 is 13.2 Å². The summed E-state index contributed by atoms with van der Waals surface area (Å²) in [5.41, 5.74) is -0.0975. The molecule has 0 saturated heterocycles. The SMILES string of the molecule is CCNC(CCc1ccccc1C(F)(F)F)C(C)(C)C. The van der Waals surface area contributed by atoms with E-state index in [4.69, 9.17) is 0 Å². The quantitative estimate of drug-likeness (QED) is 0.830. The highest BCUT2D eigenvalue weighted by Crippen LogP contribution is 2.33. The van der Waals surface area contributed by atoms with Gasteiger partial charge in [-0.15, -0.1) is 0 Å². The summed E-state index contributed by atoms with van der Waals surface area (Å²) in [5, 5.41) is 3.37. The Morgan fingerprint density at radius 2 is 1.70 bits per heavy atom. The monoisotopic (exact) mass is 287 g/mol. The molecule has 0 amide bonds. The van der Waals surface area contributed by atoms with Gasteiger partial charge in [0.1, 0.15) is 0 Å². The third-order valence-electron chi connectivity index (χ3n) is 3.52. The van der Waals surface area contributed by atoms with Crippen molar-refractivity contribution in [1.29, 1.82) is 0 Å². The average molecular weight is 287 g/mol. The van der Waals surface area contributed by atoms with Crippen molar-refractivity contribution >= 4 is 0 Å². The second-order valence-corrected chi connectivity index (χ2v) is 6.17. The summed E-state index contributed by atoms with van der Waals surface area (Å²) < 4.78 is 38.8. The Bertz CT molecular complexity index is 418. The summed E-state index contributed by atoms with van der Waals surface area (Å²) in [5.74, 6) is 0. The van der Waals surface area contributed by atoms with Crippen LogP contribution in [0, 0.1) is 5.41 Å². The highest BCUT2D eigenvalue weighted by Gasteiger charge is 2.33. The van der Waals surface area contributed by atoms with Gasteiger partial charge in [0.05, 0.1) is 5.56 Å². The smallest absolute Gasteiger partial charge is 0.314 e. The van der Waals surface area contributed by atoms with Gasteiger partial charge in [-0.05, 0) is 36.4 Å². The fourth-order valence-electron chi connectivity index (χ4n) is 2.40. The second-order valence-electron chi connectivity index (χ2n) is 6.17. The van der Waals surface area contributed by atoms with E-state index in [9.17, 15) is 13.2 Å². The van der Waals surface area contributed by atoms with Crippen LogP contribution in [0.25, 0.3) is 0 Å². The van der Waals surface area contributed by atoms with Crippen molar-refractivity contribution in [3.8, 4) is 0 Å². The number of hydrogen-bond donors (Lipinski definition) is 1. The minimum absolute atomic E-state index is 0.0309. The molecule has 0 bridgehead atoms. The van der Waals surface area contributed by atoms with Gasteiger partial charge in [-0.3, -0.25) is 0 Å². The first kappa shape index (κ1) is 17.0. The van der Waals surface area contributed by atoms with Crippen molar-refractivity contribution in [2.24, 2.45) is 5.41 Å². The van der Waals surface area contributed by atoms with Crippen LogP contribution in [0.3, 0.4) is 0 Å². The van der Waals surface area contributed by atoms with Crippen molar-refractivity contribution in [2.45, 2.75) is 52.8 Å². The van der Waals surface area contributed by atoms with Crippen LogP contribution in [-0.2, 0) is 12.6 Å². The van der Waals surface area contributed by atoms with E-state index in [1.54, 1.807) is 12.1 Å². The normalized spacial score (nSPS) is 14.3. The average Bonchev–Trinajstić information content (AvgIpc) is 2.32. The number of hydrogen-bond acceptors (Lipinski definition) is 1. The topological polar surface area (TPSA) is 12.0 Å². The van der Waals surface area contributed by atoms with Crippen molar-refractivity contribution in [1.82, 2.24) is 5.32 Å². The Hall–Kier alpha value is -1.03. The van der Waals surface area contributed by atoms with Gasteiger partial charge in [0.25, 0.3) is 0 Å². The molecule has 1 aromatic carbocycles. The first-order valence-electron chi connectivity index (χ1n) is 7.04. The van der Waals surface area contributed by atoms with Crippen LogP contribution in [0.1, 0.15) is 45.2 Å². The molecule has 1 atom stereocenters. The van der Waals surface area contributed by atoms with E-state index in [-0.39, 0.29) is 11.5 Å². The lowest BCUT2D eigenvalue weighted by atomic mass is 9.83. The molecular weight excluding hydrogens is 263 g/mol. The molecule has 0 aliphatic rings. The largest absolute Gasteiger partial charge is 0.416 e. The fraction of sp³-hybridized carbons (Fsp3) is 0.625. The lowest BCUT2D eigenvalue weighted by Crippen LogP contribution is -2.40. The van der Waals surface area contributed by atoms with Gasteiger partial charge in [-0.25, -0.2) is 0 Å². The summed E-state index contributed by atoms with van der Waals surface area (Å²) in [6.45, 7) is 9.16. The van der Waals surface area contributed by atoms with Crippen LogP contribution in [0.2, 0.25) is 0 Å². The third-order valence-corrected chi connectivity index (χ3v) is 3.52. The minimum Gasteiger partial charge on any atom is -0.314 e. The molecule has 1 nitrogen and oxygen atoms in total. The molecule has 0 spiro atoms. The zero-order valence-corrected chi connectivity index (χ0v) is 12.6. The Labute approximate surface area is 119 Å². The van der Waals surface area contributed by atoms with E-state index in [1.165, 1.54) is 6.07 Å². The molecule has 0 aromatic heterocycles. The molecule has 0 heterocycles. The van der Waals surface area contributed by atoms with Gasteiger partial charge in [-0.2, -0.15) is 13.2 Å². The molecular formula is C16H24F3N. The molecule has 0 aliphatic carbocycles. The predicted octanol–water partition coefficient (Wildman–Crippen LogP) is 4.66. The number of alkyl halides is 3. The van der Waals surface area contributed by atoms with Gasteiger partial charge in [-0.1, -0.05) is 45.9 Å². The van der Waals surface area contributed by atoms with Gasteiger partial charge in [0.2, 0.25) is 0 Å². The van der Waals surface area contributed by atoms with Gasteiger partial charge in [0.15, 0.2) is 0 Å². The van der Waals surface area contributed by atoms with E-state index in [0.29, 0.717) is 18.4 Å². The molecule has 0 aliphatic heterocycles. The molecule has 114 valence electrons. The number of halogens is 3. The Morgan fingerprint density at radius 3 is 2.20 bits per heavy atom. The lowest BCUT2D eigenvalue weighted by Gasteiger charge is -2.31. The number of rotatable bonds is 5. The van der Waals surface area contributed by atoms with Crippen LogP contribution in [-0.4, -0.2) is 12.6 Å². The van der Waals surface area contributed by atoms with Crippen molar-refractivity contribution in [2.75, 3.05) is 6.54 Å². The fourth-order valence-corrected chi connectivity index (χ4v) is 2.40. The molecule has 0 fully saturated rings. The zero-order valence-electron chi connectivity index (χ0n) is 12.6. The maximum absolute atomic E-state index is 12.9. The first-order valence-corrected chi connectivity index (χ1v) is 7.04. The molecule has 1 unspecified atom stereocenters. The van der Waals surface area contributed by atoms with Crippen molar-refractivity contribution in [3.63, 3.8) is 0 Å². The van der Waals surface area contributed by atoms with Crippen LogP contribution in [0.15, 0.2) is 24.3 Å². The Balaban J connectivity index is 2.84. The lowest BCUT2D eigenvalue weighted by molar-refractivity contribution is -0.138. The second kappa shape index (κ2) is 6.61. The van der Waals surface area contributed by atoms with E-state index >= 15 is 0 Å². The van der Waals surface area contributed by atoms with Crippen LogP contribution < -0.4 is 5.32 Å². The predicted molar refractivity (Wildman–Crippen MR) is 76.7 cm³/mol. The number of aryl methyl sites for hydroxylation is 1. The highest BCUT2D eigenvalue weighted by atomic mass is 19.4. The van der Waals surface area contributed by atoms with Gasteiger partial charge < -0.3 is 5.32 Å². The summed E-state index contributed by atoms with van der Waals surface area (Å²) in [6.07, 6.45) is -3.14. The molecule has 20 heavy (non-hydrogen) atoms. The van der Waals surface area contributed by atoms with Crippen LogP contribution >= 0.6 is 0 Å². The van der Waals surface area contributed by atoms with Gasteiger partial charge in [0, 0.05) is 6.04 Å². The highest BCUT2D eigenvalue weighted by molar-refractivity contribution is 5.29. The number of nitrogens with one attached hydrogen (secondary N) is 1. The van der Waals surface area contributed by atoms with Crippen LogP contribution in [0.4, 0.5) is 13.2 Å². The third kappa shape index (κ3) is 4.82.